The van der Waals surface area contributed by atoms with E-state index in [9.17, 15) is 14.0 Å². The maximum Gasteiger partial charge on any atom is 0.337 e. The van der Waals surface area contributed by atoms with Crippen molar-refractivity contribution in [1.29, 1.82) is 0 Å². The van der Waals surface area contributed by atoms with Crippen LogP contribution in [-0.4, -0.2) is 25.5 Å². The van der Waals surface area contributed by atoms with Crippen LogP contribution >= 0.6 is 0 Å². The topological polar surface area (TPSA) is 81.4 Å². The number of methoxy groups -OCH3 is 1. The number of rotatable bonds is 5. The van der Waals surface area contributed by atoms with Gasteiger partial charge in [-0.05, 0) is 43.0 Å². The average molecular weight is 294 g/mol. The van der Waals surface area contributed by atoms with E-state index < -0.39 is 11.8 Å². The van der Waals surface area contributed by atoms with Crippen LogP contribution in [0.4, 0.5) is 10.1 Å². The van der Waals surface area contributed by atoms with Crippen molar-refractivity contribution in [2.75, 3.05) is 19.0 Å². The van der Waals surface area contributed by atoms with Crippen LogP contribution in [0.25, 0.3) is 0 Å². The lowest BCUT2D eigenvalue weighted by atomic mass is 9.66. The number of hydrogen-bond donors (Lipinski definition) is 2. The summed E-state index contributed by atoms with van der Waals surface area (Å²) in [6.45, 7) is 0.450. The van der Waals surface area contributed by atoms with E-state index in [1.54, 1.807) is 0 Å². The first kappa shape index (κ1) is 15.4. The molecular weight excluding hydrogens is 275 g/mol. The third kappa shape index (κ3) is 3.39. The van der Waals surface area contributed by atoms with E-state index in [1.165, 1.54) is 19.2 Å². The lowest BCUT2D eigenvalue weighted by Crippen LogP contribution is -2.40. The molecule has 0 unspecified atom stereocenters. The van der Waals surface area contributed by atoms with Gasteiger partial charge in [-0.3, -0.25) is 4.79 Å². The van der Waals surface area contributed by atoms with Crippen LogP contribution in [0.15, 0.2) is 18.2 Å². The zero-order valence-corrected chi connectivity index (χ0v) is 11.9. The summed E-state index contributed by atoms with van der Waals surface area (Å²) in [5.41, 5.74) is 5.72. The van der Waals surface area contributed by atoms with Crippen LogP contribution in [0.2, 0.25) is 0 Å². The fraction of sp³-hybridized carbons (Fsp3) is 0.467. The molecule has 21 heavy (non-hydrogen) atoms. The van der Waals surface area contributed by atoms with Gasteiger partial charge in [0, 0.05) is 6.42 Å². The molecule has 1 aromatic carbocycles. The first-order valence-electron chi connectivity index (χ1n) is 6.87. The van der Waals surface area contributed by atoms with Gasteiger partial charge >= 0.3 is 5.97 Å². The summed E-state index contributed by atoms with van der Waals surface area (Å²) in [4.78, 5) is 23.5. The maximum atomic E-state index is 13.7. The fourth-order valence-electron chi connectivity index (χ4n) is 2.53. The summed E-state index contributed by atoms with van der Waals surface area (Å²) < 4.78 is 18.3. The van der Waals surface area contributed by atoms with Crippen molar-refractivity contribution in [3.8, 4) is 0 Å². The number of anilines is 1. The molecule has 1 saturated carbocycles. The average Bonchev–Trinajstić information content (AvgIpc) is 2.44. The highest BCUT2D eigenvalue weighted by molar-refractivity contribution is 5.94. The molecule has 6 heteroatoms. The van der Waals surface area contributed by atoms with Crippen molar-refractivity contribution in [3.63, 3.8) is 0 Å². The summed E-state index contributed by atoms with van der Waals surface area (Å²) in [6.07, 6.45) is 3.17. The quantitative estimate of drug-likeness (QED) is 0.815. The van der Waals surface area contributed by atoms with E-state index in [-0.39, 0.29) is 29.0 Å². The Balaban J connectivity index is 2.08. The van der Waals surface area contributed by atoms with Crippen LogP contribution in [0.5, 0.6) is 0 Å². The first-order chi connectivity index (χ1) is 9.99. The van der Waals surface area contributed by atoms with E-state index in [0.717, 1.165) is 25.3 Å². The van der Waals surface area contributed by atoms with Gasteiger partial charge in [-0.25, -0.2) is 9.18 Å². The molecule has 2 rings (SSSR count). The number of nitrogens with one attached hydrogen (secondary N) is 1. The Morgan fingerprint density at radius 2 is 2.14 bits per heavy atom. The minimum Gasteiger partial charge on any atom is -0.465 e. The molecule has 0 saturated heterocycles. The van der Waals surface area contributed by atoms with Crippen molar-refractivity contribution >= 4 is 17.6 Å². The Kier molecular flexibility index (Phi) is 4.57. The Labute approximate surface area is 122 Å². The largest absolute Gasteiger partial charge is 0.465 e. The number of esters is 1. The van der Waals surface area contributed by atoms with Crippen LogP contribution in [0, 0.1) is 11.2 Å². The number of halogens is 1. The fourth-order valence-corrected chi connectivity index (χ4v) is 2.53. The molecule has 0 aliphatic heterocycles. The summed E-state index contributed by atoms with van der Waals surface area (Å²) in [5, 5.41) is 2.51. The molecule has 0 atom stereocenters. The van der Waals surface area contributed by atoms with Crippen molar-refractivity contribution in [1.82, 2.24) is 0 Å². The second-order valence-electron chi connectivity index (χ2n) is 5.47. The number of carbonyl (C=O) groups is 2. The SMILES string of the molecule is COC(=O)c1ccc(F)c(NC(=O)CC2(CN)CCC2)c1. The van der Waals surface area contributed by atoms with Crippen molar-refractivity contribution < 1.29 is 18.7 Å². The smallest absolute Gasteiger partial charge is 0.337 e. The molecule has 0 bridgehead atoms. The monoisotopic (exact) mass is 294 g/mol. The van der Waals surface area contributed by atoms with E-state index in [4.69, 9.17) is 5.73 Å². The maximum absolute atomic E-state index is 13.7. The number of nitrogens with two attached hydrogens (primary N) is 1. The first-order valence-corrected chi connectivity index (χ1v) is 6.87. The van der Waals surface area contributed by atoms with Gasteiger partial charge in [-0.15, -0.1) is 0 Å². The van der Waals surface area contributed by atoms with E-state index in [0.29, 0.717) is 6.54 Å². The van der Waals surface area contributed by atoms with Gasteiger partial charge in [-0.2, -0.15) is 0 Å². The highest BCUT2D eigenvalue weighted by Crippen LogP contribution is 2.43. The number of hydrogen-bond acceptors (Lipinski definition) is 4. The summed E-state index contributed by atoms with van der Waals surface area (Å²) >= 11 is 0. The predicted molar refractivity (Wildman–Crippen MR) is 76.3 cm³/mol. The second kappa shape index (κ2) is 6.22. The Morgan fingerprint density at radius 3 is 2.67 bits per heavy atom. The Hall–Kier alpha value is -1.95. The lowest BCUT2D eigenvalue weighted by Gasteiger charge is -2.40. The van der Waals surface area contributed by atoms with Gasteiger partial charge < -0.3 is 15.8 Å². The van der Waals surface area contributed by atoms with Gasteiger partial charge in [0.05, 0.1) is 18.4 Å². The summed E-state index contributed by atoms with van der Waals surface area (Å²) in [6, 6.07) is 3.71. The molecule has 0 radical (unpaired) electrons. The van der Waals surface area contributed by atoms with Crippen molar-refractivity contribution in [2.45, 2.75) is 25.7 Å². The minimum atomic E-state index is -0.591. The zero-order valence-electron chi connectivity index (χ0n) is 11.9. The standard InChI is InChI=1S/C15H19FN2O3/c1-21-14(20)10-3-4-11(16)12(7-10)18-13(19)8-15(9-17)5-2-6-15/h3-4,7H,2,5-6,8-9,17H2,1H3,(H,18,19). The lowest BCUT2D eigenvalue weighted by molar-refractivity contribution is -0.119. The van der Waals surface area contributed by atoms with Crippen LogP contribution in [0.1, 0.15) is 36.0 Å². The highest BCUT2D eigenvalue weighted by Gasteiger charge is 2.37. The third-order valence-electron chi connectivity index (χ3n) is 4.04. The van der Waals surface area contributed by atoms with Gasteiger partial charge in [-0.1, -0.05) is 6.42 Å². The second-order valence-corrected chi connectivity index (χ2v) is 5.47. The molecular formula is C15H19FN2O3. The molecule has 5 nitrogen and oxygen atoms in total. The van der Waals surface area contributed by atoms with Gasteiger partial charge in [0.15, 0.2) is 0 Å². The van der Waals surface area contributed by atoms with Gasteiger partial charge in [0.1, 0.15) is 5.82 Å². The van der Waals surface area contributed by atoms with E-state index >= 15 is 0 Å². The molecule has 3 N–H and O–H groups in total. The number of amides is 1. The minimum absolute atomic E-state index is 0.0191. The number of carbonyl (C=O) groups excluding carboxylic acids is 2. The normalized spacial score (nSPS) is 16.0. The zero-order chi connectivity index (χ0) is 15.5. The molecule has 1 aliphatic carbocycles. The van der Waals surface area contributed by atoms with E-state index in [2.05, 4.69) is 10.1 Å². The number of ether oxygens (including phenoxy) is 1. The van der Waals surface area contributed by atoms with E-state index in [1.807, 2.05) is 0 Å². The van der Waals surface area contributed by atoms with Gasteiger partial charge in [0.2, 0.25) is 5.91 Å². The molecule has 1 fully saturated rings. The van der Waals surface area contributed by atoms with Gasteiger partial charge in [0.25, 0.3) is 0 Å². The van der Waals surface area contributed by atoms with Crippen molar-refractivity contribution in [2.24, 2.45) is 11.1 Å². The molecule has 0 heterocycles. The van der Waals surface area contributed by atoms with Crippen LogP contribution in [0.3, 0.4) is 0 Å². The Morgan fingerprint density at radius 1 is 1.43 bits per heavy atom. The third-order valence-corrected chi connectivity index (χ3v) is 4.04. The molecule has 114 valence electrons. The van der Waals surface area contributed by atoms with Crippen LogP contribution in [-0.2, 0) is 9.53 Å². The highest BCUT2D eigenvalue weighted by atomic mass is 19.1. The number of benzene rings is 1. The van der Waals surface area contributed by atoms with Crippen molar-refractivity contribution in [3.05, 3.63) is 29.6 Å². The summed E-state index contributed by atoms with van der Waals surface area (Å²) in [5.74, 6) is -1.46. The molecule has 0 spiro atoms. The van der Waals surface area contributed by atoms with Crippen LogP contribution < -0.4 is 11.1 Å². The Bertz CT molecular complexity index is 550. The summed E-state index contributed by atoms with van der Waals surface area (Å²) in [7, 11) is 1.24. The molecule has 1 aliphatic rings. The molecule has 0 aromatic heterocycles. The predicted octanol–water partition coefficient (Wildman–Crippen LogP) is 2.07. The molecule has 1 aromatic rings. The molecule has 1 amide bonds.